The summed E-state index contributed by atoms with van der Waals surface area (Å²) in [5.74, 6) is -0.810. The predicted molar refractivity (Wildman–Crippen MR) is 99.5 cm³/mol. The van der Waals surface area contributed by atoms with Gasteiger partial charge in [-0.3, -0.25) is 14.5 Å². The van der Waals surface area contributed by atoms with E-state index in [9.17, 15) is 14.7 Å². The Morgan fingerprint density at radius 2 is 2.04 bits per heavy atom. The molecule has 0 aromatic carbocycles. The van der Waals surface area contributed by atoms with Gasteiger partial charge in [0.05, 0.1) is 18.1 Å². The van der Waals surface area contributed by atoms with E-state index >= 15 is 0 Å². The number of aliphatic hydroxyl groups excluding tert-OH is 1. The molecule has 1 heterocycles. The van der Waals surface area contributed by atoms with Gasteiger partial charge in [-0.15, -0.1) is 0 Å². The van der Waals surface area contributed by atoms with Crippen LogP contribution in [0.5, 0.6) is 0 Å². The zero-order valence-corrected chi connectivity index (χ0v) is 15.8. The van der Waals surface area contributed by atoms with Crippen LogP contribution in [0.25, 0.3) is 0 Å². The van der Waals surface area contributed by atoms with Gasteiger partial charge in [0, 0.05) is 19.5 Å². The number of hydrogen-bond donors (Lipinski definition) is 2. The Labute approximate surface area is 152 Å². The van der Waals surface area contributed by atoms with Gasteiger partial charge in [0.2, 0.25) is 0 Å². The molecule has 5 nitrogen and oxygen atoms in total. The van der Waals surface area contributed by atoms with Gasteiger partial charge in [-0.1, -0.05) is 45.3 Å². The average molecular weight is 354 g/mol. The molecule has 0 aliphatic carbocycles. The molecule has 0 saturated carbocycles. The van der Waals surface area contributed by atoms with Crippen LogP contribution in [0.4, 0.5) is 0 Å². The molecular formula is C20H35NO4. The van der Waals surface area contributed by atoms with Crippen molar-refractivity contribution in [3.05, 3.63) is 12.2 Å². The third-order valence-electron chi connectivity index (χ3n) is 5.06. The van der Waals surface area contributed by atoms with Crippen LogP contribution in [-0.4, -0.2) is 52.1 Å². The van der Waals surface area contributed by atoms with Crippen LogP contribution in [0.2, 0.25) is 0 Å². The third-order valence-corrected chi connectivity index (χ3v) is 5.06. The highest BCUT2D eigenvalue weighted by Crippen LogP contribution is 2.19. The number of aliphatic hydroxyl groups is 1. The molecule has 2 unspecified atom stereocenters. The first-order chi connectivity index (χ1) is 12.0. The highest BCUT2D eigenvalue weighted by Gasteiger charge is 2.31. The molecule has 2 N–H and O–H groups in total. The molecule has 0 bridgehead atoms. The molecule has 1 fully saturated rings. The number of nitrogens with zero attached hydrogens (tertiary/aromatic N) is 1. The van der Waals surface area contributed by atoms with E-state index in [1.54, 1.807) is 6.92 Å². The van der Waals surface area contributed by atoms with Crippen molar-refractivity contribution in [2.45, 2.75) is 83.8 Å². The number of carboxylic acid groups (broad SMARTS) is 1. The Bertz CT molecular complexity index is 435. The maximum Gasteiger partial charge on any atom is 0.306 e. The minimum Gasteiger partial charge on any atom is -0.481 e. The van der Waals surface area contributed by atoms with E-state index in [2.05, 4.69) is 11.8 Å². The fraction of sp³-hybridized carbons (Fsp3) is 0.800. The number of aliphatic carboxylic acids is 1. The Hall–Kier alpha value is -1.20. The summed E-state index contributed by atoms with van der Waals surface area (Å²) in [7, 11) is 0. The van der Waals surface area contributed by atoms with Crippen molar-refractivity contribution >= 4 is 11.8 Å². The molecule has 5 heteroatoms. The molecule has 0 aromatic heterocycles. The van der Waals surface area contributed by atoms with Gasteiger partial charge in [-0.25, -0.2) is 0 Å². The predicted octanol–water partition coefficient (Wildman–Crippen LogP) is 3.41. The Morgan fingerprint density at radius 3 is 2.72 bits per heavy atom. The third kappa shape index (κ3) is 8.63. The summed E-state index contributed by atoms with van der Waals surface area (Å²) >= 11 is 0. The standard InChI is InChI=1S/C20H35NO4/c1-3-4-6-10-17(22)12-14-21-15-13-19(23)18(21)11-8-5-7-9-16(2)20(24)25/h5,8,16-18,22H,3-4,6-7,9-15H2,1-2H3,(H,24,25)/b8-5-/t16?,17?,18-/m1/s1. The van der Waals surface area contributed by atoms with E-state index in [0.717, 1.165) is 51.6 Å². The number of carbonyl (C=O) groups is 2. The van der Waals surface area contributed by atoms with E-state index in [1.165, 1.54) is 0 Å². The smallest absolute Gasteiger partial charge is 0.306 e. The summed E-state index contributed by atoms with van der Waals surface area (Å²) in [4.78, 5) is 25.0. The molecule has 0 spiro atoms. The fourth-order valence-corrected chi connectivity index (χ4v) is 3.23. The number of rotatable bonds is 13. The van der Waals surface area contributed by atoms with Crippen LogP contribution in [0.15, 0.2) is 12.2 Å². The van der Waals surface area contributed by atoms with E-state index in [-0.39, 0.29) is 23.8 Å². The summed E-state index contributed by atoms with van der Waals surface area (Å²) in [6, 6.07) is -0.0732. The molecule has 144 valence electrons. The molecule has 0 radical (unpaired) electrons. The molecule has 0 amide bonds. The van der Waals surface area contributed by atoms with Crippen molar-refractivity contribution in [3.63, 3.8) is 0 Å². The lowest BCUT2D eigenvalue weighted by molar-refractivity contribution is -0.141. The number of allylic oxidation sites excluding steroid dienone is 1. The molecule has 3 atom stereocenters. The zero-order chi connectivity index (χ0) is 18.7. The largest absolute Gasteiger partial charge is 0.481 e. The van der Waals surface area contributed by atoms with Crippen LogP contribution in [0, 0.1) is 5.92 Å². The van der Waals surface area contributed by atoms with Gasteiger partial charge in [0.15, 0.2) is 5.78 Å². The van der Waals surface area contributed by atoms with Gasteiger partial charge < -0.3 is 10.2 Å². The van der Waals surface area contributed by atoms with Gasteiger partial charge in [0.25, 0.3) is 0 Å². The van der Waals surface area contributed by atoms with Crippen molar-refractivity contribution in [2.24, 2.45) is 5.92 Å². The van der Waals surface area contributed by atoms with Crippen molar-refractivity contribution in [2.75, 3.05) is 13.1 Å². The highest BCUT2D eigenvalue weighted by atomic mass is 16.4. The number of ketones is 1. The van der Waals surface area contributed by atoms with Crippen LogP contribution in [0.1, 0.15) is 71.6 Å². The molecule has 25 heavy (non-hydrogen) atoms. The number of unbranched alkanes of at least 4 members (excludes halogenated alkanes) is 2. The number of carbonyl (C=O) groups excluding carboxylic acids is 1. The average Bonchev–Trinajstić information content (AvgIpc) is 2.92. The van der Waals surface area contributed by atoms with Crippen molar-refractivity contribution in [1.82, 2.24) is 4.90 Å². The second-order valence-corrected chi connectivity index (χ2v) is 7.23. The van der Waals surface area contributed by atoms with Crippen LogP contribution < -0.4 is 0 Å². The lowest BCUT2D eigenvalue weighted by Gasteiger charge is -2.23. The summed E-state index contributed by atoms with van der Waals surface area (Å²) in [6.45, 7) is 5.43. The van der Waals surface area contributed by atoms with E-state index in [4.69, 9.17) is 5.11 Å². The van der Waals surface area contributed by atoms with Crippen molar-refractivity contribution in [1.29, 1.82) is 0 Å². The SMILES string of the molecule is CCCCCC(O)CCN1CCC(=O)[C@H]1C/C=C\CCC(C)C(=O)O. The monoisotopic (exact) mass is 353 g/mol. The van der Waals surface area contributed by atoms with Gasteiger partial charge in [0.1, 0.15) is 0 Å². The summed E-state index contributed by atoms with van der Waals surface area (Å²) < 4.78 is 0. The molecule has 1 rings (SSSR count). The maximum absolute atomic E-state index is 12.1. The van der Waals surface area contributed by atoms with Crippen LogP contribution >= 0.6 is 0 Å². The van der Waals surface area contributed by atoms with E-state index < -0.39 is 5.97 Å². The highest BCUT2D eigenvalue weighted by molar-refractivity contribution is 5.86. The number of Topliss-reactive ketones (excluding diaryl/α,β-unsaturated/α-hetero) is 1. The normalized spacial score (nSPS) is 21.1. The molecule has 0 aromatic rings. The van der Waals surface area contributed by atoms with E-state index in [0.29, 0.717) is 19.3 Å². The zero-order valence-electron chi connectivity index (χ0n) is 15.8. The van der Waals surface area contributed by atoms with Gasteiger partial charge >= 0.3 is 5.97 Å². The Morgan fingerprint density at radius 1 is 1.28 bits per heavy atom. The molecule has 1 aliphatic heterocycles. The van der Waals surface area contributed by atoms with Gasteiger partial charge in [-0.05, 0) is 32.1 Å². The first kappa shape index (κ1) is 21.8. The molecule has 1 aliphatic rings. The number of carboxylic acids is 1. The molecular weight excluding hydrogens is 318 g/mol. The second kappa shape index (κ2) is 12.2. The minimum atomic E-state index is -0.761. The number of hydrogen-bond acceptors (Lipinski definition) is 4. The molecule has 1 saturated heterocycles. The Balaban J connectivity index is 2.31. The van der Waals surface area contributed by atoms with Crippen molar-refractivity contribution < 1.29 is 19.8 Å². The maximum atomic E-state index is 12.1. The first-order valence-electron chi connectivity index (χ1n) is 9.78. The first-order valence-corrected chi connectivity index (χ1v) is 9.78. The van der Waals surface area contributed by atoms with E-state index in [1.807, 2.05) is 12.2 Å². The summed E-state index contributed by atoms with van der Waals surface area (Å²) in [5.41, 5.74) is 0. The quantitative estimate of drug-likeness (QED) is 0.392. The van der Waals surface area contributed by atoms with Crippen LogP contribution in [0.3, 0.4) is 0 Å². The fourth-order valence-electron chi connectivity index (χ4n) is 3.23. The topological polar surface area (TPSA) is 77.8 Å². The lowest BCUT2D eigenvalue weighted by Crippen LogP contribution is -2.34. The summed E-state index contributed by atoms with van der Waals surface area (Å²) in [5, 5.41) is 18.9. The second-order valence-electron chi connectivity index (χ2n) is 7.23. The van der Waals surface area contributed by atoms with Gasteiger partial charge in [-0.2, -0.15) is 0 Å². The minimum absolute atomic E-state index is 0.0732. The number of likely N-dealkylation sites (tertiary alicyclic amines) is 1. The Kier molecular flexibility index (Phi) is 10.7. The lowest BCUT2D eigenvalue weighted by atomic mass is 10.0. The van der Waals surface area contributed by atoms with Crippen molar-refractivity contribution in [3.8, 4) is 0 Å². The summed E-state index contributed by atoms with van der Waals surface area (Å²) in [6.07, 6.45) is 11.3. The van der Waals surface area contributed by atoms with Crippen LogP contribution in [-0.2, 0) is 9.59 Å².